The van der Waals surface area contributed by atoms with E-state index in [9.17, 15) is 24.9 Å². The molecule has 57 heavy (non-hydrogen) atoms. The summed E-state index contributed by atoms with van der Waals surface area (Å²) in [5.74, 6) is 0.221. The number of halogens is 1. The Morgan fingerprint density at radius 2 is 1.60 bits per heavy atom. The van der Waals surface area contributed by atoms with Gasteiger partial charge in [0.05, 0.1) is 43.8 Å². The van der Waals surface area contributed by atoms with Crippen molar-refractivity contribution >= 4 is 30.8 Å². The van der Waals surface area contributed by atoms with Crippen molar-refractivity contribution in [2.75, 3.05) is 32.2 Å². The first-order valence-corrected chi connectivity index (χ1v) is 22.5. The number of aliphatic hydroxyl groups excluding tert-OH is 2. The average Bonchev–Trinajstić information content (AvgIpc) is 3.73. The van der Waals surface area contributed by atoms with Crippen LogP contribution in [0.3, 0.4) is 0 Å². The number of nitrogen functional groups attached to an aromatic ring is 1. The number of aliphatic hydroxyl groups is 2. The summed E-state index contributed by atoms with van der Waals surface area (Å²) in [6.07, 6.45) is 16.8. The molecule has 6 atom stereocenters. The zero-order chi connectivity index (χ0) is 41.1. The van der Waals surface area contributed by atoms with Crippen molar-refractivity contribution in [2.45, 2.75) is 153 Å². The van der Waals surface area contributed by atoms with E-state index < -0.39 is 44.4 Å². The standard InChI is InChI=1S/C41H63ClN5O9P/c1-3-4-5-6-7-8-9-10-11-12-13-14-15-16-17-18-21-52-27-34(53-26-32-22-31(25-43)23-33(42)24-32)28-54-57(50,51)55-29-36-38(48)39(49)41(2,56-36)37-20-19-35-40(44)45-30-46-47(35)37/h19-20,22-24,30,34,36,38-39,48-49H,3-18,21,26-29H2,1-2H3,(H,50,51)(H2,44,45,46)/t34-,36?,38-,39-,41+/m1/s1. The number of nitriles is 1. The molecule has 1 saturated heterocycles. The van der Waals surface area contributed by atoms with E-state index in [1.54, 1.807) is 37.3 Å². The fraction of sp³-hybridized carbons (Fsp3) is 0.683. The summed E-state index contributed by atoms with van der Waals surface area (Å²) >= 11 is 6.17. The maximum atomic E-state index is 13.0. The van der Waals surface area contributed by atoms with E-state index in [2.05, 4.69) is 23.1 Å². The third-order valence-electron chi connectivity index (χ3n) is 10.5. The molecule has 2 aromatic heterocycles. The molecule has 14 nitrogen and oxygen atoms in total. The number of hydrogen-bond acceptors (Lipinski definition) is 12. The zero-order valence-corrected chi connectivity index (χ0v) is 35.3. The molecule has 0 saturated carbocycles. The smallest absolute Gasteiger partial charge is 0.387 e. The number of fused-ring (bicyclic) bond motifs is 1. The maximum absolute atomic E-state index is 13.0. The average molecular weight is 836 g/mol. The number of nitrogens with zero attached hydrogens (tertiary/aromatic N) is 4. The van der Waals surface area contributed by atoms with E-state index in [0.717, 1.165) is 19.3 Å². The van der Waals surface area contributed by atoms with Crippen molar-refractivity contribution in [1.29, 1.82) is 5.26 Å². The lowest BCUT2D eigenvalue weighted by Crippen LogP contribution is -2.39. The van der Waals surface area contributed by atoms with Gasteiger partial charge in [-0.3, -0.25) is 9.05 Å². The van der Waals surface area contributed by atoms with Crippen LogP contribution in [0.5, 0.6) is 0 Å². The third kappa shape index (κ3) is 15.1. The highest BCUT2D eigenvalue weighted by molar-refractivity contribution is 7.47. The Labute approximate surface area is 342 Å². The number of phosphoric acid groups is 1. The summed E-state index contributed by atoms with van der Waals surface area (Å²) in [5, 5.41) is 35.8. The number of phosphoric ester groups is 1. The molecule has 0 radical (unpaired) electrons. The van der Waals surface area contributed by atoms with Crippen LogP contribution in [0.25, 0.3) is 5.52 Å². The lowest BCUT2D eigenvalue weighted by molar-refractivity contribution is -0.0901. The number of nitrogens with two attached hydrogens (primary N) is 1. The summed E-state index contributed by atoms with van der Waals surface area (Å²) < 4.78 is 43.0. The first-order valence-electron chi connectivity index (χ1n) is 20.6. The Hall–Kier alpha value is -2.67. The number of hydrogen-bond donors (Lipinski definition) is 4. The number of benzene rings is 1. The van der Waals surface area contributed by atoms with Gasteiger partial charge in [0, 0.05) is 11.6 Å². The molecule has 2 unspecified atom stereocenters. The van der Waals surface area contributed by atoms with Crippen molar-refractivity contribution in [3.8, 4) is 6.07 Å². The van der Waals surface area contributed by atoms with Crippen LogP contribution in [0, 0.1) is 11.3 Å². The highest BCUT2D eigenvalue weighted by Crippen LogP contribution is 2.46. The topological polar surface area (TPSA) is 204 Å². The SMILES string of the molecule is CCCCCCCCCCCCCCCCCCOC[C@H](COP(=O)(O)OCC1O[C@@](C)(c2ccc3c(N)ncnn23)[C@H](O)[C@@H]1O)OCc1cc(Cl)cc(C#N)c1. The molecule has 1 aromatic carbocycles. The number of aromatic nitrogens is 3. The van der Waals surface area contributed by atoms with Gasteiger partial charge in [-0.25, -0.2) is 14.1 Å². The molecule has 0 bridgehead atoms. The normalized spacial score (nSPS) is 21.2. The largest absolute Gasteiger partial charge is 0.472 e. The quantitative estimate of drug-likeness (QED) is 0.0385. The number of anilines is 1. The number of unbranched alkanes of at least 4 members (excludes halogenated alkanes) is 15. The van der Waals surface area contributed by atoms with Gasteiger partial charge >= 0.3 is 7.82 Å². The second-order valence-corrected chi connectivity index (χ2v) is 17.1. The molecule has 1 aliphatic heterocycles. The highest BCUT2D eigenvalue weighted by Gasteiger charge is 2.54. The molecule has 3 aromatic rings. The summed E-state index contributed by atoms with van der Waals surface area (Å²) in [6, 6.07) is 10.2. The van der Waals surface area contributed by atoms with Gasteiger partial charge in [0.2, 0.25) is 0 Å². The van der Waals surface area contributed by atoms with Crippen LogP contribution in [0.15, 0.2) is 36.7 Å². The van der Waals surface area contributed by atoms with Crippen molar-refractivity contribution in [1.82, 2.24) is 14.6 Å². The summed E-state index contributed by atoms with van der Waals surface area (Å²) in [7, 11) is -4.70. The van der Waals surface area contributed by atoms with Crippen molar-refractivity contribution in [3.63, 3.8) is 0 Å². The number of rotatable bonds is 29. The summed E-state index contributed by atoms with van der Waals surface area (Å²) in [5.41, 5.74) is 6.39. The van der Waals surface area contributed by atoms with Gasteiger partial charge in [-0.1, -0.05) is 115 Å². The zero-order valence-electron chi connectivity index (χ0n) is 33.6. The van der Waals surface area contributed by atoms with Crippen LogP contribution < -0.4 is 5.73 Å². The third-order valence-corrected chi connectivity index (χ3v) is 11.7. The summed E-state index contributed by atoms with van der Waals surface area (Å²) in [4.78, 5) is 14.6. The van der Waals surface area contributed by atoms with Gasteiger partial charge in [0.1, 0.15) is 41.9 Å². The minimum atomic E-state index is -4.70. The number of ether oxygens (including phenoxy) is 3. The van der Waals surface area contributed by atoms with E-state index >= 15 is 0 Å². The maximum Gasteiger partial charge on any atom is 0.472 e. The highest BCUT2D eigenvalue weighted by atomic mass is 35.5. The lowest BCUT2D eigenvalue weighted by atomic mass is 9.93. The Morgan fingerprint density at radius 3 is 2.23 bits per heavy atom. The Bertz CT molecular complexity index is 1730. The van der Waals surface area contributed by atoms with Gasteiger partial charge in [-0.2, -0.15) is 10.4 Å². The van der Waals surface area contributed by atoms with Crippen LogP contribution >= 0.6 is 19.4 Å². The Morgan fingerprint density at radius 1 is 0.965 bits per heavy atom. The molecular weight excluding hydrogens is 773 g/mol. The van der Waals surface area contributed by atoms with E-state index in [0.29, 0.717) is 34.0 Å². The van der Waals surface area contributed by atoms with Gasteiger partial charge in [0.15, 0.2) is 5.82 Å². The molecule has 4 rings (SSSR count). The molecule has 318 valence electrons. The van der Waals surface area contributed by atoms with Crippen LogP contribution in [0.2, 0.25) is 5.02 Å². The molecule has 0 aliphatic carbocycles. The molecule has 1 aliphatic rings. The predicted octanol–water partition coefficient (Wildman–Crippen LogP) is 8.17. The fourth-order valence-electron chi connectivity index (χ4n) is 7.16. The van der Waals surface area contributed by atoms with E-state index in [1.807, 2.05) is 0 Å². The molecular formula is C41H63ClN5O9P. The van der Waals surface area contributed by atoms with E-state index in [-0.39, 0.29) is 25.6 Å². The van der Waals surface area contributed by atoms with Gasteiger partial charge in [-0.05, 0) is 49.2 Å². The van der Waals surface area contributed by atoms with E-state index in [4.69, 9.17) is 40.6 Å². The molecule has 0 amide bonds. The van der Waals surface area contributed by atoms with Gasteiger partial charge < -0.3 is 35.1 Å². The first kappa shape index (κ1) is 47.0. The van der Waals surface area contributed by atoms with Gasteiger partial charge in [0.25, 0.3) is 0 Å². The van der Waals surface area contributed by atoms with Crippen LogP contribution in [0.4, 0.5) is 5.82 Å². The van der Waals surface area contributed by atoms with Crippen molar-refractivity contribution in [2.24, 2.45) is 0 Å². The lowest BCUT2D eigenvalue weighted by Gasteiger charge is -2.27. The molecule has 5 N–H and O–H groups in total. The molecule has 0 spiro atoms. The predicted molar refractivity (Wildman–Crippen MR) is 218 cm³/mol. The second kappa shape index (κ2) is 24.4. The first-order chi connectivity index (χ1) is 27.5. The minimum absolute atomic E-state index is 0.0474. The van der Waals surface area contributed by atoms with Crippen LogP contribution in [-0.2, 0) is 40.0 Å². The van der Waals surface area contributed by atoms with E-state index in [1.165, 1.54) is 94.3 Å². The van der Waals surface area contributed by atoms with Crippen molar-refractivity contribution < 1.29 is 42.9 Å². The minimum Gasteiger partial charge on any atom is -0.387 e. The molecule has 1 fully saturated rings. The fourth-order valence-corrected chi connectivity index (χ4v) is 8.18. The van der Waals surface area contributed by atoms with Crippen molar-refractivity contribution in [3.05, 3.63) is 58.5 Å². The van der Waals surface area contributed by atoms with Gasteiger partial charge in [-0.15, -0.1) is 0 Å². The second-order valence-electron chi connectivity index (χ2n) is 15.2. The molecule has 16 heteroatoms. The Kier molecular flexibility index (Phi) is 20.1. The van der Waals surface area contributed by atoms with Crippen LogP contribution in [0.1, 0.15) is 133 Å². The molecule has 3 heterocycles. The summed E-state index contributed by atoms with van der Waals surface area (Å²) in [6.45, 7) is 3.53. The van der Waals surface area contributed by atoms with Crippen LogP contribution in [-0.4, -0.2) is 80.5 Å². The Balaban J connectivity index is 1.18. The monoisotopic (exact) mass is 835 g/mol.